The van der Waals surface area contributed by atoms with Gasteiger partial charge in [-0.05, 0) is 44.5 Å². The van der Waals surface area contributed by atoms with Crippen LogP contribution in [0.1, 0.15) is 30.9 Å². The Morgan fingerprint density at radius 1 is 1.14 bits per heavy atom. The van der Waals surface area contributed by atoms with E-state index in [2.05, 4.69) is 15.0 Å². The molecule has 192 valence electrons. The summed E-state index contributed by atoms with van der Waals surface area (Å²) in [6.45, 7) is 4.26. The number of pyridine rings is 2. The highest BCUT2D eigenvalue weighted by Crippen LogP contribution is 2.38. The summed E-state index contributed by atoms with van der Waals surface area (Å²) in [5.41, 5.74) is -0.493. The molecule has 1 N–H and O–H groups in total. The van der Waals surface area contributed by atoms with Crippen LogP contribution in [-0.4, -0.2) is 24.6 Å². The highest BCUT2D eigenvalue weighted by Gasteiger charge is 2.23. The van der Waals surface area contributed by atoms with Crippen molar-refractivity contribution >= 4 is 11.6 Å². The normalized spacial score (nSPS) is 11.6. The molecule has 0 atom stereocenters. The van der Waals surface area contributed by atoms with Gasteiger partial charge < -0.3 is 14.4 Å². The number of nitrogens with zero attached hydrogens (tertiary/aromatic N) is 4. The fraction of sp³-hybridized carbons (Fsp3) is 0.231. The van der Waals surface area contributed by atoms with Gasteiger partial charge in [0, 0.05) is 36.5 Å². The summed E-state index contributed by atoms with van der Waals surface area (Å²) in [6, 6.07) is 6.62. The van der Waals surface area contributed by atoms with Crippen molar-refractivity contribution in [3.05, 3.63) is 92.6 Å². The van der Waals surface area contributed by atoms with Gasteiger partial charge in [0.2, 0.25) is 0 Å². The lowest BCUT2D eigenvalue weighted by molar-refractivity contribution is 0.0688. The van der Waals surface area contributed by atoms with E-state index in [-0.39, 0.29) is 33.5 Å². The molecule has 0 spiro atoms. The molecule has 4 rings (SSSR count). The third kappa shape index (κ3) is 5.35. The molecular formula is C26H22ClF3N4O3. The Kier molecular flexibility index (Phi) is 7.07. The molecular weight excluding hydrogens is 509 g/mol. The number of benzene rings is 1. The maximum Gasteiger partial charge on any atom is 0.251 e. The number of hydrogen-bond donors (Lipinski definition) is 1. The minimum atomic E-state index is -1.31. The second-order valence-corrected chi connectivity index (χ2v) is 9.29. The number of aliphatic hydroxyl groups is 1. The largest absolute Gasteiger partial charge is 0.485 e. The van der Waals surface area contributed by atoms with Gasteiger partial charge in [-0.1, -0.05) is 11.6 Å². The number of aryl methyl sites for hydroxylation is 1. The highest BCUT2D eigenvalue weighted by molar-refractivity contribution is 6.32. The summed E-state index contributed by atoms with van der Waals surface area (Å²) in [6.07, 6.45) is 2.30. The second kappa shape index (κ2) is 9.95. The molecule has 7 nitrogen and oxygen atoms in total. The molecule has 37 heavy (non-hydrogen) atoms. The average Bonchev–Trinajstić information content (AvgIpc) is 2.83. The summed E-state index contributed by atoms with van der Waals surface area (Å²) in [5, 5.41) is 9.87. The quantitative estimate of drug-likeness (QED) is 0.373. The topological polar surface area (TPSA) is 90.1 Å². The van der Waals surface area contributed by atoms with Gasteiger partial charge in [0.15, 0.2) is 17.5 Å². The molecule has 0 aliphatic carbocycles. The number of ether oxygens (including phenoxy) is 1. The van der Waals surface area contributed by atoms with Crippen molar-refractivity contribution in [2.24, 2.45) is 7.05 Å². The van der Waals surface area contributed by atoms with E-state index in [4.69, 9.17) is 16.3 Å². The monoisotopic (exact) mass is 530 g/mol. The number of aromatic nitrogens is 4. The van der Waals surface area contributed by atoms with Gasteiger partial charge in [0.25, 0.3) is 5.56 Å². The zero-order valence-corrected chi connectivity index (χ0v) is 21.1. The Balaban J connectivity index is 1.76. The lowest BCUT2D eigenvalue weighted by Gasteiger charge is -2.18. The van der Waals surface area contributed by atoms with Crippen LogP contribution in [0.3, 0.4) is 0 Å². The van der Waals surface area contributed by atoms with E-state index >= 15 is 4.39 Å². The van der Waals surface area contributed by atoms with Crippen LogP contribution in [0, 0.1) is 24.4 Å². The van der Waals surface area contributed by atoms with Crippen molar-refractivity contribution < 1.29 is 23.0 Å². The summed E-state index contributed by atoms with van der Waals surface area (Å²) >= 11 is 6.26. The summed E-state index contributed by atoms with van der Waals surface area (Å²) in [4.78, 5) is 24.9. The third-order valence-corrected chi connectivity index (χ3v) is 5.99. The number of rotatable bonds is 6. The lowest BCUT2D eigenvalue weighted by atomic mass is 10.0. The first-order valence-electron chi connectivity index (χ1n) is 11.1. The van der Waals surface area contributed by atoms with E-state index in [1.807, 2.05) is 0 Å². The van der Waals surface area contributed by atoms with E-state index in [1.165, 1.54) is 43.8 Å². The van der Waals surface area contributed by atoms with Gasteiger partial charge in [-0.3, -0.25) is 9.78 Å². The molecule has 0 fully saturated rings. The van der Waals surface area contributed by atoms with Crippen LogP contribution < -0.4 is 10.3 Å². The molecule has 11 heteroatoms. The maximum absolute atomic E-state index is 15.6. The van der Waals surface area contributed by atoms with Gasteiger partial charge in [-0.2, -0.15) is 0 Å². The van der Waals surface area contributed by atoms with E-state index in [1.54, 1.807) is 19.1 Å². The first-order chi connectivity index (χ1) is 17.4. The van der Waals surface area contributed by atoms with E-state index < -0.39 is 35.2 Å². The van der Waals surface area contributed by atoms with Gasteiger partial charge in [0.05, 0.1) is 17.6 Å². The molecule has 1 aromatic carbocycles. The Morgan fingerprint density at radius 2 is 1.86 bits per heavy atom. The molecule has 4 aromatic rings. The second-order valence-electron chi connectivity index (χ2n) is 8.92. The van der Waals surface area contributed by atoms with Crippen LogP contribution in [0.15, 0.2) is 47.5 Å². The molecule has 0 aliphatic rings. The van der Waals surface area contributed by atoms with Gasteiger partial charge >= 0.3 is 0 Å². The molecule has 0 amide bonds. The number of halogens is 4. The zero-order chi connectivity index (χ0) is 27.1. The summed E-state index contributed by atoms with van der Waals surface area (Å²) in [7, 11) is 1.49. The van der Waals surface area contributed by atoms with Crippen LogP contribution >= 0.6 is 11.6 Å². The van der Waals surface area contributed by atoms with Crippen LogP contribution in [-0.2, 0) is 19.3 Å². The Bertz CT molecular complexity index is 1570. The van der Waals surface area contributed by atoms with E-state index in [0.29, 0.717) is 22.9 Å². The Morgan fingerprint density at radius 3 is 2.54 bits per heavy atom. The Labute approximate surface area is 215 Å². The Hall–Kier alpha value is -3.76. The first-order valence-corrected chi connectivity index (χ1v) is 11.4. The zero-order valence-electron chi connectivity index (χ0n) is 20.3. The number of hydrogen-bond acceptors (Lipinski definition) is 6. The third-order valence-electron chi connectivity index (χ3n) is 5.64. The predicted molar refractivity (Wildman–Crippen MR) is 132 cm³/mol. The lowest BCUT2D eigenvalue weighted by Crippen LogP contribution is -2.21. The molecule has 0 radical (unpaired) electrons. The summed E-state index contributed by atoms with van der Waals surface area (Å²) < 4.78 is 49.4. The van der Waals surface area contributed by atoms with Crippen LogP contribution in [0.2, 0.25) is 5.02 Å². The summed E-state index contributed by atoms with van der Waals surface area (Å²) in [5.74, 6) is -2.51. The molecule has 0 bridgehead atoms. The van der Waals surface area contributed by atoms with Crippen LogP contribution in [0.25, 0.3) is 22.5 Å². The molecule has 0 saturated carbocycles. The first kappa shape index (κ1) is 26.3. The van der Waals surface area contributed by atoms with Crippen molar-refractivity contribution in [2.45, 2.75) is 33.0 Å². The van der Waals surface area contributed by atoms with Crippen LogP contribution in [0.5, 0.6) is 5.75 Å². The van der Waals surface area contributed by atoms with Crippen molar-refractivity contribution in [2.75, 3.05) is 0 Å². The smallest absolute Gasteiger partial charge is 0.251 e. The highest BCUT2D eigenvalue weighted by atomic mass is 35.5. The van der Waals surface area contributed by atoms with Crippen molar-refractivity contribution in [1.29, 1.82) is 0 Å². The van der Waals surface area contributed by atoms with E-state index in [9.17, 15) is 18.7 Å². The molecule has 0 unspecified atom stereocenters. The van der Waals surface area contributed by atoms with Crippen molar-refractivity contribution in [3.8, 4) is 28.3 Å². The fourth-order valence-electron chi connectivity index (χ4n) is 3.67. The van der Waals surface area contributed by atoms with Gasteiger partial charge in [-0.15, -0.1) is 0 Å². The fourth-order valence-corrected chi connectivity index (χ4v) is 3.88. The molecule has 0 aliphatic heterocycles. The minimum absolute atomic E-state index is 0.0571. The standard InChI is InChI=1S/C26H22ClF3N4O3/c1-13-7-20(37-12-18-16(29)10-15(28)11-32-18)23(27)24(30)22(13)19-8-14(9-21(35)34(19)4)17-5-6-31-25(33-17)26(2,3)36/h5-11,36H,12H2,1-4H3. The molecule has 0 saturated heterocycles. The van der Waals surface area contributed by atoms with Gasteiger partial charge in [0.1, 0.15) is 34.5 Å². The predicted octanol–water partition coefficient (Wildman–Crippen LogP) is 5.09. The van der Waals surface area contributed by atoms with Crippen molar-refractivity contribution in [3.63, 3.8) is 0 Å². The van der Waals surface area contributed by atoms with E-state index in [0.717, 1.165) is 6.20 Å². The maximum atomic E-state index is 15.6. The molecule has 3 heterocycles. The molecule has 3 aromatic heterocycles. The minimum Gasteiger partial charge on any atom is -0.485 e. The average molecular weight is 531 g/mol. The van der Waals surface area contributed by atoms with Gasteiger partial charge in [-0.25, -0.2) is 23.1 Å². The SMILES string of the molecule is Cc1cc(OCc2ncc(F)cc2F)c(Cl)c(F)c1-c1cc(-c2ccnc(C(C)(C)O)n2)cc(=O)n1C. The van der Waals surface area contributed by atoms with Crippen LogP contribution in [0.4, 0.5) is 13.2 Å². The van der Waals surface area contributed by atoms with Crippen molar-refractivity contribution in [1.82, 2.24) is 19.5 Å².